The Morgan fingerprint density at radius 1 is 0.829 bits per heavy atom. The highest BCUT2D eigenvalue weighted by molar-refractivity contribution is 6.40. The SMILES string of the molecule is CC1=C(C(=O)OCc2ccccc2)C(c2nc(Cl)c(Cl)[nH]2)C(C(=O)OCc2ccccc2)=C(C)N1. The molecule has 0 saturated heterocycles. The maximum atomic E-state index is 13.3. The van der Waals surface area contributed by atoms with Crippen LogP contribution >= 0.6 is 23.2 Å². The lowest BCUT2D eigenvalue weighted by Gasteiger charge is -2.29. The van der Waals surface area contributed by atoms with Crippen LogP contribution in [0.1, 0.15) is 36.7 Å². The molecule has 1 aliphatic heterocycles. The van der Waals surface area contributed by atoms with Crippen LogP contribution in [0.2, 0.25) is 10.3 Å². The molecule has 4 rings (SSSR count). The van der Waals surface area contributed by atoms with Crippen LogP contribution in [-0.4, -0.2) is 21.9 Å². The summed E-state index contributed by atoms with van der Waals surface area (Å²) in [6.45, 7) is 3.60. The second-order valence-electron chi connectivity index (χ2n) is 7.99. The number of carbonyl (C=O) groups excluding carboxylic acids is 2. The molecule has 0 saturated carbocycles. The molecule has 7 nitrogen and oxygen atoms in total. The van der Waals surface area contributed by atoms with Crippen molar-refractivity contribution in [2.24, 2.45) is 0 Å². The van der Waals surface area contributed by atoms with Crippen molar-refractivity contribution in [3.63, 3.8) is 0 Å². The molecule has 0 radical (unpaired) electrons. The Labute approximate surface area is 212 Å². The minimum Gasteiger partial charge on any atom is -0.457 e. The second-order valence-corrected chi connectivity index (χ2v) is 8.72. The average molecular weight is 512 g/mol. The molecule has 0 unspecified atom stereocenters. The number of rotatable bonds is 7. The summed E-state index contributed by atoms with van der Waals surface area (Å²) in [5.74, 6) is -1.90. The number of aromatic nitrogens is 2. The molecule has 180 valence electrons. The number of nitrogens with zero attached hydrogens (tertiary/aromatic N) is 1. The number of allylic oxidation sites excluding steroid dienone is 2. The number of H-pyrrole nitrogens is 1. The van der Waals surface area contributed by atoms with Gasteiger partial charge in [-0.15, -0.1) is 0 Å². The lowest BCUT2D eigenvalue weighted by molar-refractivity contribution is -0.141. The number of esters is 2. The highest BCUT2D eigenvalue weighted by Gasteiger charge is 2.40. The van der Waals surface area contributed by atoms with Crippen LogP contribution in [0.4, 0.5) is 0 Å². The normalized spacial score (nSPS) is 14.1. The largest absolute Gasteiger partial charge is 0.457 e. The van der Waals surface area contributed by atoms with Crippen molar-refractivity contribution in [1.29, 1.82) is 0 Å². The average Bonchev–Trinajstić information content (AvgIpc) is 3.19. The zero-order valence-electron chi connectivity index (χ0n) is 19.1. The van der Waals surface area contributed by atoms with Crippen molar-refractivity contribution in [2.75, 3.05) is 0 Å². The molecule has 9 heteroatoms. The first kappa shape index (κ1) is 24.6. The number of carbonyl (C=O) groups is 2. The van der Waals surface area contributed by atoms with Crippen LogP contribution in [0.15, 0.2) is 83.2 Å². The van der Waals surface area contributed by atoms with Gasteiger partial charge in [0.2, 0.25) is 0 Å². The van der Waals surface area contributed by atoms with E-state index in [4.69, 9.17) is 32.7 Å². The van der Waals surface area contributed by atoms with Gasteiger partial charge in [0.05, 0.1) is 17.1 Å². The summed E-state index contributed by atoms with van der Waals surface area (Å²) in [7, 11) is 0. The van der Waals surface area contributed by atoms with E-state index in [1.807, 2.05) is 60.7 Å². The van der Waals surface area contributed by atoms with E-state index in [-0.39, 0.29) is 40.5 Å². The minimum atomic E-state index is -0.923. The monoisotopic (exact) mass is 511 g/mol. The molecule has 1 aliphatic rings. The molecule has 0 spiro atoms. The van der Waals surface area contributed by atoms with E-state index in [1.165, 1.54) is 0 Å². The van der Waals surface area contributed by atoms with Crippen molar-refractivity contribution in [2.45, 2.75) is 33.0 Å². The van der Waals surface area contributed by atoms with Crippen molar-refractivity contribution in [3.8, 4) is 0 Å². The second kappa shape index (κ2) is 10.8. The Morgan fingerprint density at radius 3 is 1.69 bits per heavy atom. The van der Waals surface area contributed by atoms with Crippen molar-refractivity contribution >= 4 is 35.1 Å². The summed E-state index contributed by atoms with van der Waals surface area (Å²) in [5.41, 5.74) is 3.12. The predicted octanol–water partition coefficient (Wildman–Crippen LogP) is 5.44. The maximum Gasteiger partial charge on any atom is 0.337 e. The molecule has 0 bridgehead atoms. The predicted molar refractivity (Wildman–Crippen MR) is 132 cm³/mol. The molecule has 0 aliphatic carbocycles. The molecule has 1 aromatic heterocycles. The lowest BCUT2D eigenvalue weighted by atomic mass is 9.84. The highest BCUT2D eigenvalue weighted by Crippen LogP contribution is 2.39. The van der Waals surface area contributed by atoms with E-state index in [1.54, 1.807) is 13.8 Å². The summed E-state index contributed by atoms with van der Waals surface area (Å²) >= 11 is 12.2. The number of dihydropyridines is 1. The smallest absolute Gasteiger partial charge is 0.337 e. The molecule has 3 aromatic rings. The molecule has 0 amide bonds. The van der Waals surface area contributed by atoms with Crippen LogP contribution in [0.25, 0.3) is 0 Å². The van der Waals surface area contributed by atoms with Gasteiger partial charge in [-0.3, -0.25) is 0 Å². The van der Waals surface area contributed by atoms with E-state index in [0.29, 0.717) is 11.4 Å². The van der Waals surface area contributed by atoms with Gasteiger partial charge in [-0.05, 0) is 25.0 Å². The van der Waals surface area contributed by atoms with E-state index in [2.05, 4.69) is 15.3 Å². The third kappa shape index (κ3) is 5.58. The van der Waals surface area contributed by atoms with E-state index < -0.39 is 17.9 Å². The van der Waals surface area contributed by atoms with Crippen LogP contribution in [0.3, 0.4) is 0 Å². The van der Waals surface area contributed by atoms with Gasteiger partial charge in [0.15, 0.2) is 5.15 Å². The fourth-order valence-corrected chi connectivity index (χ4v) is 4.17. The zero-order valence-corrected chi connectivity index (χ0v) is 20.6. The summed E-state index contributed by atoms with van der Waals surface area (Å²) in [5, 5.41) is 3.24. The Hall–Kier alpha value is -3.55. The molecular weight excluding hydrogens is 489 g/mol. The number of nitrogens with one attached hydrogen (secondary N) is 2. The maximum absolute atomic E-state index is 13.3. The fraction of sp³-hybridized carbons (Fsp3) is 0.192. The molecule has 0 atom stereocenters. The van der Waals surface area contributed by atoms with Crippen LogP contribution in [0, 0.1) is 0 Å². The van der Waals surface area contributed by atoms with Gasteiger partial charge >= 0.3 is 11.9 Å². The topological polar surface area (TPSA) is 93.3 Å². The lowest BCUT2D eigenvalue weighted by Crippen LogP contribution is -2.33. The number of hydrogen-bond donors (Lipinski definition) is 2. The molecular formula is C26H23Cl2N3O4. The van der Waals surface area contributed by atoms with Gasteiger partial charge in [-0.1, -0.05) is 83.9 Å². The number of aromatic amines is 1. The quantitative estimate of drug-likeness (QED) is 0.410. The van der Waals surface area contributed by atoms with Crippen LogP contribution in [-0.2, 0) is 32.3 Å². The number of hydrogen-bond acceptors (Lipinski definition) is 6. The third-order valence-corrected chi connectivity index (χ3v) is 6.18. The Kier molecular flexibility index (Phi) is 7.58. The van der Waals surface area contributed by atoms with Crippen molar-refractivity contribution in [3.05, 3.63) is 110 Å². The van der Waals surface area contributed by atoms with Gasteiger partial charge in [0.1, 0.15) is 24.2 Å². The van der Waals surface area contributed by atoms with E-state index >= 15 is 0 Å². The Bertz CT molecular complexity index is 1200. The van der Waals surface area contributed by atoms with Gasteiger partial charge in [-0.2, -0.15) is 0 Å². The first-order valence-corrected chi connectivity index (χ1v) is 11.6. The molecule has 2 aromatic carbocycles. The fourth-order valence-electron chi connectivity index (χ4n) is 3.89. The Morgan fingerprint density at radius 2 is 1.29 bits per heavy atom. The van der Waals surface area contributed by atoms with E-state index in [0.717, 1.165) is 11.1 Å². The third-order valence-electron chi connectivity index (χ3n) is 5.54. The molecule has 2 heterocycles. The molecule has 2 N–H and O–H groups in total. The van der Waals surface area contributed by atoms with Gasteiger partial charge in [0.25, 0.3) is 0 Å². The van der Waals surface area contributed by atoms with Crippen molar-refractivity contribution in [1.82, 2.24) is 15.3 Å². The van der Waals surface area contributed by atoms with Gasteiger partial charge < -0.3 is 19.8 Å². The summed E-state index contributed by atoms with van der Waals surface area (Å²) in [6, 6.07) is 18.6. The van der Waals surface area contributed by atoms with Gasteiger partial charge in [-0.25, -0.2) is 14.6 Å². The first-order chi connectivity index (χ1) is 16.8. The number of imidazole rings is 1. The standard InChI is InChI=1S/C26H23Cl2N3O4/c1-15-19(25(32)34-13-17-9-5-3-6-10-17)21(24-30-22(27)23(28)31-24)20(16(2)29-15)26(33)35-14-18-11-7-4-8-12-18/h3-12,21,29H,13-14H2,1-2H3,(H,30,31). The van der Waals surface area contributed by atoms with Crippen molar-refractivity contribution < 1.29 is 19.1 Å². The number of halogens is 2. The van der Waals surface area contributed by atoms with Gasteiger partial charge in [0, 0.05) is 11.4 Å². The molecule has 0 fully saturated rings. The Balaban J connectivity index is 1.66. The molecule has 35 heavy (non-hydrogen) atoms. The number of ether oxygens (including phenoxy) is 2. The summed E-state index contributed by atoms with van der Waals surface area (Å²) < 4.78 is 11.2. The highest BCUT2D eigenvalue weighted by atomic mass is 35.5. The first-order valence-electron chi connectivity index (χ1n) is 10.9. The number of benzene rings is 2. The minimum absolute atomic E-state index is 0.0320. The summed E-state index contributed by atoms with van der Waals surface area (Å²) in [6.07, 6.45) is 0. The summed E-state index contributed by atoms with van der Waals surface area (Å²) in [4.78, 5) is 33.8. The van der Waals surface area contributed by atoms with Crippen LogP contribution in [0.5, 0.6) is 0 Å². The van der Waals surface area contributed by atoms with E-state index in [9.17, 15) is 9.59 Å². The van der Waals surface area contributed by atoms with Crippen LogP contribution < -0.4 is 5.32 Å². The zero-order chi connectivity index (χ0) is 24.9.